The molecule has 0 bridgehead atoms. The molecule has 0 saturated carbocycles. The molecule has 0 aliphatic carbocycles. The lowest BCUT2D eigenvalue weighted by molar-refractivity contribution is 0.607. The van der Waals surface area contributed by atoms with E-state index < -0.39 is 10.0 Å². The van der Waals surface area contributed by atoms with Crippen molar-refractivity contribution >= 4 is 26.7 Å². The van der Waals surface area contributed by atoms with E-state index in [0.717, 1.165) is 39.5 Å². The van der Waals surface area contributed by atoms with Crippen molar-refractivity contribution < 1.29 is 9.84 Å². The summed E-state index contributed by atoms with van der Waals surface area (Å²) in [6, 6.07) is 19.5. The molecule has 4 aromatic rings. The van der Waals surface area contributed by atoms with Crippen molar-refractivity contribution in [1.82, 2.24) is 9.97 Å². The lowest BCUT2D eigenvalue weighted by Gasteiger charge is -2.06. The number of benzene rings is 2. The van der Waals surface area contributed by atoms with E-state index in [4.69, 9.17) is 0 Å². The zero-order valence-electron chi connectivity index (χ0n) is 14.1. The number of hydrogen-bond donors (Lipinski definition) is 2. The number of H-pyrrole nitrogens is 1. The van der Waals surface area contributed by atoms with Crippen LogP contribution >= 0.6 is 0 Å². The average Bonchev–Trinajstić information content (AvgIpc) is 3.05. The smallest absolute Gasteiger partial charge is 0.229 e. The van der Waals surface area contributed by atoms with Crippen LogP contribution in [0.5, 0.6) is 0 Å². The zero-order valence-corrected chi connectivity index (χ0v) is 14.9. The van der Waals surface area contributed by atoms with Crippen molar-refractivity contribution in [3.05, 3.63) is 73.1 Å². The predicted octanol–water partition coefficient (Wildman–Crippen LogP) is 4.51. The molecule has 0 aliphatic heterocycles. The van der Waals surface area contributed by atoms with Crippen molar-refractivity contribution in [2.75, 3.05) is 11.0 Å². The van der Waals surface area contributed by atoms with Gasteiger partial charge in [0.15, 0.2) is 0 Å². The van der Waals surface area contributed by atoms with Crippen molar-refractivity contribution in [3.8, 4) is 22.3 Å². The summed E-state index contributed by atoms with van der Waals surface area (Å²) in [6.07, 6.45) is 4.92. The molecule has 0 saturated heterocycles. The van der Waals surface area contributed by atoms with Crippen molar-refractivity contribution in [2.24, 2.45) is 0 Å². The number of rotatable bonds is 4. The van der Waals surface area contributed by atoms with Crippen LogP contribution in [0.4, 0.5) is 5.69 Å². The van der Waals surface area contributed by atoms with Crippen molar-refractivity contribution in [3.63, 3.8) is 0 Å². The first-order valence-electron chi connectivity index (χ1n) is 8.10. The third-order valence-corrected chi connectivity index (χ3v) is 4.74. The molecule has 4 rings (SSSR count). The maximum Gasteiger partial charge on any atom is 0.229 e. The van der Waals surface area contributed by atoms with Gasteiger partial charge in [0, 0.05) is 36.0 Å². The summed E-state index contributed by atoms with van der Waals surface area (Å²) in [4.78, 5) is 7.72. The van der Waals surface area contributed by atoms with Crippen LogP contribution in [0.1, 0.15) is 1.43 Å². The third kappa shape index (κ3) is 3.32. The second-order valence-electron chi connectivity index (χ2n) is 6.14. The van der Waals surface area contributed by atoms with Crippen LogP contribution in [-0.2, 0) is 10.0 Å². The van der Waals surface area contributed by atoms with Crippen LogP contribution in [0, 0.1) is 0 Å². The SMILES string of the molecule is CS(=O)(=O)Nc1ccc(-c2c[nH]c3ncc(-c4ccccc4)cc23)cc1.[HH]. The molecule has 0 spiro atoms. The summed E-state index contributed by atoms with van der Waals surface area (Å²) in [7, 11) is -3.28. The molecule has 0 unspecified atom stereocenters. The van der Waals surface area contributed by atoms with Crippen LogP contribution in [-0.4, -0.2) is 24.6 Å². The Kier molecular flexibility index (Phi) is 3.97. The van der Waals surface area contributed by atoms with Crippen LogP contribution in [0.25, 0.3) is 33.3 Å². The molecule has 2 N–H and O–H groups in total. The van der Waals surface area contributed by atoms with Crippen LogP contribution in [0.2, 0.25) is 0 Å². The Hall–Kier alpha value is -3.12. The number of pyridine rings is 1. The molecular weight excluding hydrogens is 346 g/mol. The van der Waals surface area contributed by atoms with Gasteiger partial charge in [0.05, 0.1) is 6.26 Å². The number of fused-ring (bicyclic) bond motifs is 1. The largest absolute Gasteiger partial charge is 0.346 e. The Labute approximate surface area is 153 Å². The maximum atomic E-state index is 11.3. The molecule has 0 aliphatic rings. The average molecular weight is 365 g/mol. The van der Waals surface area contributed by atoms with E-state index in [1.165, 1.54) is 0 Å². The van der Waals surface area contributed by atoms with Gasteiger partial charge in [-0.3, -0.25) is 4.72 Å². The van der Waals surface area contributed by atoms with Gasteiger partial charge in [-0.25, -0.2) is 13.4 Å². The van der Waals surface area contributed by atoms with Crippen LogP contribution in [0.3, 0.4) is 0 Å². The number of aromatic amines is 1. The number of nitrogens with one attached hydrogen (secondary N) is 2. The molecule has 26 heavy (non-hydrogen) atoms. The van der Waals surface area contributed by atoms with Crippen LogP contribution in [0.15, 0.2) is 73.1 Å². The van der Waals surface area contributed by atoms with Gasteiger partial charge in [0.1, 0.15) is 5.65 Å². The Balaban J connectivity index is 0.00000210. The Bertz CT molecular complexity index is 1170. The van der Waals surface area contributed by atoms with Gasteiger partial charge in [-0.15, -0.1) is 0 Å². The number of sulfonamides is 1. The zero-order chi connectivity index (χ0) is 18.1. The van der Waals surface area contributed by atoms with E-state index in [-0.39, 0.29) is 1.43 Å². The van der Waals surface area contributed by atoms with Crippen molar-refractivity contribution in [1.29, 1.82) is 0 Å². The fourth-order valence-electron chi connectivity index (χ4n) is 2.96. The normalized spacial score (nSPS) is 11.6. The van der Waals surface area contributed by atoms with Crippen LogP contribution < -0.4 is 4.72 Å². The van der Waals surface area contributed by atoms with Gasteiger partial charge in [-0.1, -0.05) is 42.5 Å². The van der Waals surface area contributed by atoms with E-state index in [1.807, 2.05) is 42.7 Å². The standard InChI is InChI=1S/C20H17N3O2S.H2/c1-26(24,25)23-17-9-7-15(8-10-17)19-13-22-20-18(19)11-16(12-21-20)14-5-3-2-4-6-14;/h2-13,23H,1H3,(H,21,22);1H. The summed E-state index contributed by atoms with van der Waals surface area (Å²) in [5.41, 5.74) is 5.53. The van der Waals surface area contributed by atoms with E-state index in [9.17, 15) is 8.42 Å². The summed E-state index contributed by atoms with van der Waals surface area (Å²) in [6.45, 7) is 0. The first-order chi connectivity index (χ1) is 12.5. The number of anilines is 1. The van der Waals surface area contributed by atoms with E-state index in [0.29, 0.717) is 5.69 Å². The van der Waals surface area contributed by atoms with Gasteiger partial charge in [0.25, 0.3) is 0 Å². The van der Waals surface area contributed by atoms with E-state index in [2.05, 4.69) is 32.9 Å². The Morgan fingerprint density at radius 3 is 2.38 bits per heavy atom. The molecule has 132 valence electrons. The first kappa shape index (κ1) is 16.4. The number of aromatic nitrogens is 2. The molecule has 6 heteroatoms. The molecule has 2 heterocycles. The number of hydrogen-bond acceptors (Lipinski definition) is 3. The molecule has 5 nitrogen and oxygen atoms in total. The molecule has 2 aromatic carbocycles. The summed E-state index contributed by atoms with van der Waals surface area (Å²) < 4.78 is 25.1. The Morgan fingerprint density at radius 2 is 1.69 bits per heavy atom. The molecule has 2 aromatic heterocycles. The summed E-state index contributed by atoms with van der Waals surface area (Å²) in [5, 5.41) is 1.02. The predicted molar refractivity (Wildman–Crippen MR) is 108 cm³/mol. The van der Waals surface area contributed by atoms with Gasteiger partial charge < -0.3 is 4.98 Å². The van der Waals surface area contributed by atoms with Crippen molar-refractivity contribution in [2.45, 2.75) is 0 Å². The highest BCUT2D eigenvalue weighted by Gasteiger charge is 2.10. The van der Waals surface area contributed by atoms with E-state index in [1.54, 1.807) is 12.1 Å². The lowest BCUT2D eigenvalue weighted by atomic mass is 10.0. The molecular formula is C20H19N3O2S. The molecule has 0 fully saturated rings. The topological polar surface area (TPSA) is 74.8 Å². The fourth-order valence-corrected chi connectivity index (χ4v) is 3.53. The highest BCUT2D eigenvalue weighted by Crippen LogP contribution is 2.31. The third-order valence-electron chi connectivity index (χ3n) is 4.14. The second kappa shape index (κ2) is 6.31. The van der Waals surface area contributed by atoms with Gasteiger partial charge in [-0.2, -0.15) is 0 Å². The first-order valence-corrected chi connectivity index (χ1v) is 9.99. The highest BCUT2D eigenvalue weighted by atomic mass is 32.2. The molecule has 0 amide bonds. The van der Waals surface area contributed by atoms with Gasteiger partial charge in [-0.05, 0) is 29.3 Å². The van der Waals surface area contributed by atoms with Gasteiger partial charge in [0.2, 0.25) is 10.0 Å². The fraction of sp³-hybridized carbons (Fsp3) is 0.0500. The maximum absolute atomic E-state index is 11.3. The number of nitrogens with zero attached hydrogens (tertiary/aromatic N) is 1. The summed E-state index contributed by atoms with van der Waals surface area (Å²) >= 11 is 0. The monoisotopic (exact) mass is 365 g/mol. The minimum absolute atomic E-state index is 0. The molecule has 0 radical (unpaired) electrons. The van der Waals surface area contributed by atoms with E-state index >= 15 is 0 Å². The lowest BCUT2D eigenvalue weighted by Crippen LogP contribution is -2.09. The van der Waals surface area contributed by atoms with Gasteiger partial charge >= 0.3 is 0 Å². The molecule has 0 atom stereocenters. The quantitative estimate of drug-likeness (QED) is 0.558. The highest BCUT2D eigenvalue weighted by molar-refractivity contribution is 7.92. The minimum Gasteiger partial charge on any atom is -0.346 e. The second-order valence-corrected chi connectivity index (χ2v) is 7.89. The summed E-state index contributed by atoms with van der Waals surface area (Å²) in [5.74, 6) is 0. The minimum atomic E-state index is -3.28. The Morgan fingerprint density at radius 1 is 0.962 bits per heavy atom.